The average molecular weight is 150 g/mol. The Morgan fingerprint density at radius 2 is 2.18 bits per heavy atom. The zero-order chi connectivity index (χ0) is 8.16. The number of hydrogen-bond acceptors (Lipinski definition) is 2. The molecule has 0 bridgehead atoms. The van der Waals surface area contributed by atoms with Crippen molar-refractivity contribution in [1.82, 2.24) is 0 Å². The van der Waals surface area contributed by atoms with E-state index in [9.17, 15) is 0 Å². The molecule has 1 aliphatic rings. The van der Waals surface area contributed by atoms with Crippen molar-refractivity contribution >= 4 is 0 Å². The Hall–Kier alpha value is -1.20. The van der Waals surface area contributed by atoms with Gasteiger partial charge in [-0.05, 0) is 18.4 Å². The third-order valence-corrected chi connectivity index (χ3v) is 2.23. The van der Waals surface area contributed by atoms with Crippen molar-refractivity contribution in [1.29, 1.82) is 5.26 Å². The van der Waals surface area contributed by atoms with E-state index in [1.165, 1.54) is 0 Å². The molecule has 0 heterocycles. The molecule has 0 unspecified atom stereocenters. The average Bonchev–Trinajstić information content (AvgIpc) is 2.50. The van der Waals surface area contributed by atoms with Crippen molar-refractivity contribution < 1.29 is 0 Å². The van der Waals surface area contributed by atoms with Gasteiger partial charge in [-0.2, -0.15) is 5.26 Å². The summed E-state index contributed by atoms with van der Waals surface area (Å²) in [7, 11) is 0. The molecule has 0 aromatic heterocycles. The van der Waals surface area contributed by atoms with E-state index >= 15 is 0 Å². The van der Waals surface area contributed by atoms with Crippen LogP contribution >= 0.6 is 0 Å². The van der Waals surface area contributed by atoms with Crippen molar-refractivity contribution in [3.05, 3.63) is 10.4 Å². The monoisotopic (exact) mass is 150 g/mol. The molecule has 1 aliphatic carbocycles. The van der Waals surface area contributed by atoms with Gasteiger partial charge in [0.15, 0.2) is 0 Å². The van der Waals surface area contributed by atoms with E-state index in [2.05, 4.69) is 16.1 Å². The highest BCUT2D eigenvalue weighted by molar-refractivity contribution is 5.03. The zero-order valence-electron chi connectivity index (χ0n) is 6.32. The lowest BCUT2D eigenvalue weighted by molar-refractivity contribution is 0.423. The van der Waals surface area contributed by atoms with Gasteiger partial charge in [0.1, 0.15) is 0 Å². The maximum Gasteiger partial charge on any atom is 0.0691 e. The Morgan fingerprint density at radius 3 is 2.64 bits per heavy atom. The van der Waals surface area contributed by atoms with Crippen molar-refractivity contribution in [3.63, 3.8) is 0 Å². The van der Waals surface area contributed by atoms with Gasteiger partial charge < -0.3 is 0 Å². The maximum absolute atomic E-state index is 8.81. The van der Waals surface area contributed by atoms with Crippen molar-refractivity contribution in [2.75, 3.05) is 6.54 Å². The molecule has 0 radical (unpaired) electrons. The van der Waals surface area contributed by atoms with Crippen LogP contribution in [0.1, 0.15) is 25.7 Å². The summed E-state index contributed by atoms with van der Waals surface area (Å²) in [4.78, 5) is 2.67. The van der Waals surface area contributed by atoms with E-state index in [1.807, 2.05) is 0 Å². The molecule has 0 aromatic rings. The summed E-state index contributed by atoms with van der Waals surface area (Å²) in [5.41, 5.74) is 7.76. The molecule has 4 nitrogen and oxygen atoms in total. The quantitative estimate of drug-likeness (QED) is 0.338. The second kappa shape index (κ2) is 3.27. The molecule has 0 N–H and O–H groups in total. The smallest absolute Gasteiger partial charge is 0.0691 e. The van der Waals surface area contributed by atoms with Crippen LogP contribution in [-0.2, 0) is 0 Å². The number of rotatable bonds is 2. The van der Waals surface area contributed by atoms with Crippen LogP contribution in [0.4, 0.5) is 0 Å². The molecule has 4 heteroatoms. The second-order valence-electron chi connectivity index (χ2n) is 2.99. The van der Waals surface area contributed by atoms with Crippen LogP contribution in [0, 0.1) is 16.7 Å². The number of azide groups is 1. The van der Waals surface area contributed by atoms with Gasteiger partial charge >= 0.3 is 0 Å². The fourth-order valence-corrected chi connectivity index (χ4v) is 1.52. The van der Waals surface area contributed by atoms with Crippen LogP contribution in [0.25, 0.3) is 10.4 Å². The fraction of sp³-hybridized carbons (Fsp3) is 0.857. The lowest BCUT2D eigenvalue weighted by Gasteiger charge is -2.15. The normalized spacial score (nSPS) is 20.3. The van der Waals surface area contributed by atoms with Crippen molar-refractivity contribution in [3.8, 4) is 6.07 Å². The summed E-state index contributed by atoms with van der Waals surface area (Å²) in [5, 5.41) is 12.3. The summed E-state index contributed by atoms with van der Waals surface area (Å²) in [5.74, 6) is 0. The van der Waals surface area contributed by atoms with E-state index in [4.69, 9.17) is 10.8 Å². The van der Waals surface area contributed by atoms with Gasteiger partial charge in [0.2, 0.25) is 0 Å². The predicted molar refractivity (Wildman–Crippen MR) is 40.5 cm³/mol. The van der Waals surface area contributed by atoms with Crippen LogP contribution in [0.5, 0.6) is 0 Å². The molecular weight excluding hydrogens is 140 g/mol. The summed E-state index contributed by atoms with van der Waals surface area (Å²) >= 11 is 0. The summed E-state index contributed by atoms with van der Waals surface area (Å²) < 4.78 is 0. The van der Waals surface area contributed by atoms with Gasteiger partial charge in [-0.25, -0.2) is 0 Å². The third kappa shape index (κ3) is 1.63. The fourth-order valence-electron chi connectivity index (χ4n) is 1.52. The maximum atomic E-state index is 8.81. The number of nitriles is 1. The Kier molecular flexibility index (Phi) is 2.35. The molecule has 0 aliphatic heterocycles. The van der Waals surface area contributed by atoms with E-state index < -0.39 is 0 Å². The van der Waals surface area contributed by atoms with E-state index in [0.29, 0.717) is 6.54 Å². The van der Waals surface area contributed by atoms with Crippen LogP contribution in [-0.4, -0.2) is 6.54 Å². The topological polar surface area (TPSA) is 72.5 Å². The van der Waals surface area contributed by atoms with Crippen LogP contribution in [0.15, 0.2) is 5.11 Å². The first kappa shape index (κ1) is 7.90. The van der Waals surface area contributed by atoms with Gasteiger partial charge in [0.25, 0.3) is 0 Å². The highest BCUT2D eigenvalue weighted by Crippen LogP contribution is 2.37. The van der Waals surface area contributed by atoms with Crippen LogP contribution in [0.2, 0.25) is 0 Å². The molecule has 0 saturated heterocycles. The Labute approximate surface area is 65.4 Å². The lowest BCUT2D eigenvalue weighted by atomic mass is 9.88. The minimum absolute atomic E-state index is 0.327. The largest absolute Gasteiger partial charge is 0.198 e. The predicted octanol–water partition coefficient (Wildman–Crippen LogP) is 2.38. The minimum Gasteiger partial charge on any atom is -0.198 e. The Balaban J connectivity index is 2.61. The molecule has 0 aromatic carbocycles. The van der Waals surface area contributed by atoms with Gasteiger partial charge in [-0.3, -0.25) is 0 Å². The first-order chi connectivity index (χ1) is 5.33. The number of hydrogen-bond donors (Lipinski definition) is 0. The molecule has 1 rings (SSSR count). The molecule has 0 amide bonds. The standard InChI is InChI=1S/C7H10N4/c8-5-7(6-10-11-9)3-1-2-4-7/h1-4,6H2. The number of nitrogens with zero attached hydrogens (tertiary/aromatic N) is 4. The van der Waals surface area contributed by atoms with Gasteiger partial charge in [0.05, 0.1) is 11.5 Å². The molecular formula is C7H10N4. The Morgan fingerprint density at radius 1 is 1.55 bits per heavy atom. The highest BCUT2D eigenvalue weighted by Gasteiger charge is 2.32. The summed E-state index contributed by atoms with van der Waals surface area (Å²) in [6.07, 6.45) is 3.97. The SMILES string of the molecule is N#CC1(CN=[N+]=[N-])CCCC1. The van der Waals surface area contributed by atoms with Crippen molar-refractivity contribution in [2.24, 2.45) is 10.5 Å². The van der Waals surface area contributed by atoms with Gasteiger partial charge in [-0.1, -0.05) is 18.0 Å². The highest BCUT2D eigenvalue weighted by atomic mass is 15.1. The minimum atomic E-state index is -0.327. The van der Waals surface area contributed by atoms with E-state index in [0.717, 1.165) is 25.7 Å². The summed E-state index contributed by atoms with van der Waals surface area (Å²) in [6.45, 7) is 0.347. The Bertz CT molecular complexity index is 215. The van der Waals surface area contributed by atoms with Crippen LogP contribution < -0.4 is 0 Å². The second-order valence-corrected chi connectivity index (χ2v) is 2.99. The summed E-state index contributed by atoms with van der Waals surface area (Å²) in [6, 6.07) is 2.25. The molecule has 1 fully saturated rings. The van der Waals surface area contributed by atoms with Gasteiger partial charge in [0, 0.05) is 11.5 Å². The molecule has 58 valence electrons. The van der Waals surface area contributed by atoms with E-state index in [-0.39, 0.29) is 5.41 Å². The van der Waals surface area contributed by atoms with Crippen molar-refractivity contribution in [2.45, 2.75) is 25.7 Å². The molecule has 0 spiro atoms. The molecule has 11 heavy (non-hydrogen) atoms. The van der Waals surface area contributed by atoms with E-state index in [1.54, 1.807) is 0 Å². The first-order valence-electron chi connectivity index (χ1n) is 3.75. The molecule has 1 saturated carbocycles. The first-order valence-corrected chi connectivity index (χ1v) is 3.75. The van der Waals surface area contributed by atoms with Gasteiger partial charge in [-0.15, -0.1) is 0 Å². The lowest BCUT2D eigenvalue weighted by Crippen LogP contribution is -2.16. The zero-order valence-corrected chi connectivity index (χ0v) is 6.32. The molecule has 0 atom stereocenters. The van der Waals surface area contributed by atoms with Crippen LogP contribution in [0.3, 0.4) is 0 Å². The third-order valence-electron chi connectivity index (χ3n) is 2.23.